The first kappa shape index (κ1) is 12.8. The van der Waals surface area contributed by atoms with Crippen molar-refractivity contribution in [3.63, 3.8) is 0 Å². The molecule has 2 N–H and O–H groups in total. The van der Waals surface area contributed by atoms with Gasteiger partial charge in [-0.15, -0.1) is 0 Å². The van der Waals surface area contributed by atoms with Gasteiger partial charge in [-0.3, -0.25) is 9.78 Å². The molecular formula is C16H16N2O2. The van der Waals surface area contributed by atoms with E-state index in [1.165, 1.54) is 0 Å². The molecule has 4 nitrogen and oxygen atoms in total. The number of aliphatic hydroxyl groups excluding tert-OH is 1. The van der Waals surface area contributed by atoms with Crippen molar-refractivity contribution in [2.45, 2.75) is 25.5 Å². The quantitative estimate of drug-likeness (QED) is 0.872. The van der Waals surface area contributed by atoms with Gasteiger partial charge in [-0.25, -0.2) is 0 Å². The Balaban J connectivity index is 1.85. The molecule has 0 unspecified atom stereocenters. The molecule has 0 spiro atoms. The fraction of sp³-hybridized carbons (Fsp3) is 0.250. The maximum Gasteiger partial charge on any atom is 0.253 e. The van der Waals surface area contributed by atoms with Crippen LogP contribution in [0.15, 0.2) is 42.6 Å². The van der Waals surface area contributed by atoms with Gasteiger partial charge in [0.2, 0.25) is 0 Å². The maximum absolute atomic E-state index is 12.3. The molecule has 1 aliphatic rings. The molecule has 0 radical (unpaired) electrons. The first-order chi connectivity index (χ1) is 9.66. The number of carbonyl (C=O) groups is 1. The molecule has 2 aromatic rings. The lowest BCUT2D eigenvalue weighted by Crippen LogP contribution is -2.34. The van der Waals surface area contributed by atoms with Gasteiger partial charge in [0.25, 0.3) is 5.91 Å². The minimum atomic E-state index is -0.576. The molecule has 20 heavy (non-hydrogen) atoms. The van der Waals surface area contributed by atoms with Crippen molar-refractivity contribution in [1.29, 1.82) is 0 Å². The number of pyridine rings is 1. The SMILES string of the molecule is Cc1ncccc1C(=O)N[C@H]1c2ccccc2C[C@H]1O. The van der Waals surface area contributed by atoms with E-state index in [9.17, 15) is 9.90 Å². The highest BCUT2D eigenvalue weighted by molar-refractivity contribution is 5.95. The van der Waals surface area contributed by atoms with Crippen LogP contribution in [0, 0.1) is 6.92 Å². The van der Waals surface area contributed by atoms with E-state index in [0.717, 1.165) is 11.1 Å². The second-order valence-electron chi connectivity index (χ2n) is 5.06. The van der Waals surface area contributed by atoms with Gasteiger partial charge in [0.15, 0.2) is 0 Å². The monoisotopic (exact) mass is 268 g/mol. The highest BCUT2D eigenvalue weighted by atomic mass is 16.3. The number of aliphatic hydroxyl groups is 1. The average molecular weight is 268 g/mol. The Morgan fingerprint density at radius 2 is 2.10 bits per heavy atom. The van der Waals surface area contributed by atoms with Crippen molar-refractivity contribution in [3.8, 4) is 0 Å². The number of rotatable bonds is 2. The van der Waals surface area contributed by atoms with Crippen LogP contribution >= 0.6 is 0 Å². The topological polar surface area (TPSA) is 62.2 Å². The molecule has 0 saturated heterocycles. The van der Waals surface area contributed by atoms with Crippen molar-refractivity contribution >= 4 is 5.91 Å². The Kier molecular flexibility index (Phi) is 3.24. The van der Waals surface area contributed by atoms with Crippen molar-refractivity contribution < 1.29 is 9.90 Å². The minimum Gasteiger partial charge on any atom is -0.390 e. The van der Waals surface area contributed by atoms with Gasteiger partial charge in [-0.1, -0.05) is 24.3 Å². The Morgan fingerprint density at radius 1 is 1.30 bits per heavy atom. The molecule has 1 aromatic heterocycles. The normalized spacial score (nSPS) is 20.5. The number of aryl methyl sites for hydroxylation is 1. The zero-order valence-electron chi connectivity index (χ0n) is 11.2. The van der Waals surface area contributed by atoms with Gasteiger partial charge < -0.3 is 10.4 Å². The van der Waals surface area contributed by atoms with Crippen molar-refractivity contribution in [1.82, 2.24) is 10.3 Å². The summed E-state index contributed by atoms with van der Waals surface area (Å²) in [6.07, 6.45) is 1.66. The number of hydrogen-bond donors (Lipinski definition) is 2. The average Bonchev–Trinajstić information content (AvgIpc) is 2.76. The molecule has 1 amide bonds. The molecule has 0 bridgehead atoms. The van der Waals surface area contributed by atoms with Crippen LogP contribution in [0.1, 0.15) is 33.2 Å². The van der Waals surface area contributed by atoms with Crippen LogP contribution in [0.25, 0.3) is 0 Å². The Hall–Kier alpha value is -2.20. The van der Waals surface area contributed by atoms with Crippen LogP contribution in [-0.4, -0.2) is 22.1 Å². The third kappa shape index (κ3) is 2.18. The van der Waals surface area contributed by atoms with Gasteiger partial charge in [0, 0.05) is 18.3 Å². The largest absolute Gasteiger partial charge is 0.390 e. The van der Waals surface area contributed by atoms with E-state index < -0.39 is 6.10 Å². The van der Waals surface area contributed by atoms with E-state index in [-0.39, 0.29) is 11.9 Å². The Bertz CT molecular complexity index is 654. The predicted octanol–water partition coefficient (Wildman–Crippen LogP) is 1.78. The summed E-state index contributed by atoms with van der Waals surface area (Å²) in [5.74, 6) is -0.198. The molecule has 4 heteroatoms. The van der Waals surface area contributed by atoms with Gasteiger partial charge >= 0.3 is 0 Å². The molecule has 0 saturated carbocycles. The Morgan fingerprint density at radius 3 is 2.90 bits per heavy atom. The summed E-state index contributed by atoms with van der Waals surface area (Å²) in [6.45, 7) is 1.80. The highest BCUT2D eigenvalue weighted by Crippen LogP contribution is 2.31. The number of carbonyl (C=O) groups excluding carboxylic acids is 1. The van der Waals surface area contributed by atoms with Gasteiger partial charge in [0.1, 0.15) is 0 Å². The van der Waals surface area contributed by atoms with E-state index in [2.05, 4.69) is 10.3 Å². The zero-order chi connectivity index (χ0) is 14.1. The van der Waals surface area contributed by atoms with E-state index in [1.807, 2.05) is 24.3 Å². The molecule has 0 fully saturated rings. The number of nitrogens with one attached hydrogen (secondary N) is 1. The summed E-state index contributed by atoms with van der Waals surface area (Å²) in [7, 11) is 0. The van der Waals surface area contributed by atoms with Gasteiger partial charge in [0.05, 0.1) is 17.7 Å². The number of amides is 1. The summed E-state index contributed by atoms with van der Waals surface area (Å²) in [6, 6.07) is 10.9. The standard InChI is InChI=1S/C16H16N2O2/c1-10-12(7-4-8-17-10)16(20)18-15-13-6-3-2-5-11(13)9-14(15)19/h2-8,14-15,19H,9H2,1H3,(H,18,20)/t14-,15+/m1/s1. The van der Waals surface area contributed by atoms with Crippen molar-refractivity contribution in [2.24, 2.45) is 0 Å². The lowest BCUT2D eigenvalue weighted by atomic mass is 10.1. The van der Waals surface area contributed by atoms with E-state index in [4.69, 9.17) is 0 Å². The lowest BCUT2D eigenvalue weighted by molar-refractivity contribution is 0.0857. The number of benzene rings is 1. The van der Waals surface area contributed by atoms with E-state index >= 15 is 0 Å². The predicted molar refractivity (Wildman–Crippen MR) is 75.3 cm³/mol. The molecule has 1 aliphatic carbocycles. The molecule has 2 atom stereocenters. The third-order valence-electron chi connectivity index (χ3n) is 3.74. The second-order valence-corrected chi connectivity index (χ2v) is 5.06. The summed E-state index contributed by atoms with van der Waals surface area (Å²) in [5.41, 5.74) is 3.32. The number of hydrogen-bond acceptors (Lipinski definition) is 3. The van der Waals surface area contributed by atoms with Crippen LogP contribution < -0.4 is 5.32 Å². The van der Waals surface area contributed by atoms with Crippen LogP contribution in [0.5, 0.6) is 0 Å². The summed E-state index contributed by atoms with van der Waals surface area (Å²) in [5, 5.41) is 13.1. The summed E-state index contributed by atoms with van der Waals surface area (Å²) >= 11 is 0. The number of aromatic nitrogens is 1. The number of fused-ring (bicyclic) bond motifs is 1. The van der Waals surface area contributed by atoms with Crippen LogP contribution in [0.3, 0.4) is 0 Å². The molecule has 0 aliphatic heterocycles. The lowest BCUT2D eigenvalue weighted by Gasteiger charge is -2.18. The molecule has 102 valence electrons. The fourth-order valence-electron chi connectivity index (χ4n) is 2.69. The minimum absolute atomic E-state index is 0.198. The van der Waals surface area contributed by atoms with Gasteiger partial charge in [-0.2, -0.15) is 0 Å². The van der Waals surface area contributed by atoms with Crippen molar-refractivity contribution in [2.75, 3.05) is 0 Å². The molecule has 1 aromatic carbocycles. The summed E-state index contributed by atoms with van der Waals surface area (Å²) < 4.78 is 0. The Labute approximate surface area is 117 Å². The van der Waals surface area contributed by atoms with Crippen LogP contribution in [0.2, 0.25) is 0 Å². The maximum atomic E-state index is 12.3. The molecule has 1 heterocycles. The molecular weight excluding hydrogens is 252 g/mol. The fourth-order valence-corrected chi connectivity index (χ4v) is 2.69. The first-order valence-corrected chi connectivity index (χ1v) is 6.65. The summed E-state index contributed by atoms with van der Waals surface area (Å²) in [4.78, 5) is 16.4. The van der Waals surface area contributed by atoms with E-state index in [1.54, 1.807) is 25.3 Å². The van der Waals surface area contributed by atoms with E-state index in [0.29, 0.717) is 17.7 Å². The third-order valence-corrected chi connectivity index (χ3v) is 3.74. The highest BCUT2D eigenvalue weighted by Gasteiger charge is 2.32. The smallest absolute Gasteiger partial charge is 0.253 e. The first-order valence-electron chi connectivity index (χ1n) is 6.65. The van der Waals surface area contributed by atoms with Gasteiger partial charge in [-0.05, 0) is 30.2 Å². The zero-order valence-corrected chi connectivity index (χ0v) is 11.2. The number of nitrogens with zero attached hydrogens (tertiary/aromatic N) is 1. The second kappa shape index (κ2) is 5.06. The van der Waals surface area contributed by atoms with Crippen LogP contribution in [-0.2, 0) is 6.42 Å². The van der Waals surface area contributed by atoms with Crippen LogP contribution in [0.4, 0.5) is 0 Å². The molecule has 3 rings (SSSR count). The van der Waals surface area contributed by atoms with Crippen molar-refractivity contribution in [3.05, 3.63) is 65.0 Å².